The van der Waals surface area contributed by atoms with E-state index in [2.05, 4.69) is 5.32 Å². The fraction of sp³-hybridized carbons (Fsp3) is 0.348. The largest absolute Gasteiger partial charge is 0.494 e. The molecule has 0 radical (unpaired) electrons. The van der Waals surface area contributed by atoms with Gasteiger partial charge in [0, 0.05) is 17.2 Å². The van der Waals surface area contributed by atoms with Gasteiger partial charge in [-0.15, -0.1) is 0 Å². The number of nitrogens with zero attached hydrogens (tertiary/aromatic N) is 1. The molecule has 1 fully saturated rings. The predicted molar refractivity (Wildman–Crippen MR) is 113 cm³/mol. The molecule has 2 aromatic rings. The van der Waals surface area contributed by atoms with Crippen LogP contribution in [0, 0.1) is 5.92 Å². The number of Topliss-reactive ketones (excluding diaryl/α,β-unsaturated/α-hetero) is 1. The summed E-state index contributed by atoms with van der Waals surface area (Å²) in [7, 11) is 0. The van der Waals surface area contributed by atoms with Gasteiger partial charge < -0.3 is 15.2 Å². The molecule has 1 aliphatic heterocycles. The lowest BCUT2D eigenvalue weighted by Gasteiger charge is -2.30. The summed E-state index contributed by atoms with van der Waals surface area (Å²) in [6.07, 6.45) is 1.43. The second-order valence-electron chi connectivity index (χ2n) is 7.30. The van der Waals surface area contributed by atoms with Gasteiger partial charge in [-0.05, 0) is 81.4 Å². The van der Waals surface area contributed by atoms with E-state index < -0.39 is 5.97 Å². The number of hydrogen-bond acceptors (Lipinski definition) is 5. The van der Waals surface area contributed by atoms with Gasteiger partial charge >= 0.3 is 5.97 Å². The van der Waals surface area contributed by atoms with Gasteiger partial charge in [0.15, 0.2) is 5.78 Å². The predicted octanol–water partition coefficient (Wildman–Crippen LogP) is 3.32. The SMILES string of the molecule is CCOc1ccc(C(=O)C2CCN(CC(=O)Nc3ccc(C(=O)O)cc3)CC2)cc1. The number of rotatable bonds is 8. The minimum atomic E-state index is -1.00. The normalized spacial score (nSPS) is 14.8. The summed E-state index contributed by atoms with van der Waals surface area (Å²) in [5, 5.41) is 11.7. The van der Waals surface area contributed by atoms with Gasteiger partial charge in [0.2, 0.25) is 5.91 Å². The van der Waals surface area contributed by atoms with Gasteiger partial charge in [-0.1, -0.05) is 0 Å². The molecule has 0 aliphatic carbocycles. The first-order chi connectivity index (χ1) is 14.5. The van der Waals surface area contributed by atoms with E-state index in [1.807, 2.05) is 36.1 Å². The number of ether oxygens (including phenoxy) is 1. The van der Waals surface area contributed by atoms with Crippen molar-refractivity contribution in [1.82, 2.24) is 4.90 Å². The van der Waals surface area contributed by atoms with Crippen molar-refractivity contribution in [1.29, 1.82) is 0 Å². The third-order valence-corrected chi connectivity index (χ3v) is 5.19. The summed E-state index contributed by atoms with van der Waals surface area (Å²) in [5.41, 5.74) is 1.43. The number of carboxylic acids is 1. The van der Waals surface area contributed by atoms with Crippen molar-refractivity contribution in [2.24, 2.45) is 5.92 Å². The molecule has 158 valence electrons. The Bertz CT molecular complexity index is 885. The van der Waals surface area contributed by atoms with E-state index in [9.17, 15) is 14.4 Å². The Morgan fingerprint density at radius 1 is 1.00 bits per heavy atom. The summed E-state index contributed by atoms with van der Waals surface area (Å²) < 4.78 is 5.41. The highest BCUT2D eigenvalue weighted by molar-refractivity contribution is 5.98. The van der Waals surface area contributed by atoms with Crippen LogP contribution in [0.3, 0.4) is 0 Å². The maximum absolute atomic E-state index is 12.7. The van der Waals surface area contributed by atoms with Gasteiger partial charge in [-0.3, -0.25) is 14.5 Å². The van der Waals surface area contributed by atoms with E-state index in [-0.39, 0.29) is 29.7 Å². The number of nitrogens with one attached hydrogen (secondary N) is 1. The van der Waals surface area contributed by atoms with E-state index in [0.29, 0.717) is 43.8 Å². The number of amides is 1. The average Bonchev–Trinajstić information content (AvgIpc) is 2.75. The topological polar surface area (TPSA) is 95.9 Å². The average molecular weight is 410 g/mol. The second-order valence-corrected chi connectivity index (χ2v) is 7.30. The van der Waals surface area contributed by atoms with E-state index in [0.717, 1.165) is 5.75 Å². The Kier molecular flexibility index (Phi) is 7.19. The monoisotopic (exact) mass is 410 g/mol. The minimum absolute atomic E-state index is 0.0363. The molecule has 7 nitrogen and oxygen atoms in total. The number of anilines is 1. The van der Waals surface area contributed by atoms with Crippen LogP contribution in [0.4, 0.5) is 5.69 Å². The first kappa shape index (κ1) is 21.5. The highest BCUT2D eigenvalue weighted by Crippen LogP contribution is 2.23. The molecule has 2 aromatic carbocycles. The quantitative estimate of drug-likeness (QED) is 0.648. The number of ketones is 1. The Morgan fingerprint density at radius 2 is 1.60 bits per heavy atom. The zero-order valence-electron chi connectivity index (χ0n) is 17.0. The summed E-state index contributed by atoms with van der Waals surface area (Å²) in [4.78, 5) is 37.9. The van der Waals surface area contributed by atoms with Crippen LogP contribution in [0.25, 0.3) is 0 Å². The maximum Gasteiger partial charge on any atom is 0.335 e. The highest BCUT2D eigenvalue weighted by Gasteiger charge is 2.26. The summed E-state index contributed by atoms with van der Waals surface area (Å²) in [6, 6.07) is 13.3. The number of aromatic carboxylic acids is 1. The van der Waals surface area contributed by atoms with E-state index in [1.165, 1.54) is 12.1 Å². The molecule has 30 heavy (non-hydrogen) atoms. The van der Waals surface area contributed by atoms with Crippen LogP contribution in [0.2, 0.25) is 0 Å². The first-order valence-corrected chi connectivity index (χ1v) is 10.1. The van der Waals surface area contributed by atoms with Crippen LogP contribution in [-0.4, -0.2) is 53.9 Å². The molecule has 0 saturated carbocycles. The second kappa shape index (κ2) is 10.0. The molecule has 0 unspecified atom stereocenters. The van der Waals surface area contributed by atoms with Crippen molar-refractivity contribution >= 4 is 23.3 Å². The molecule has 7 heteroatoms. The van der Waals surface area contributed by atoms with Crippen molar-refractivity contribution in [2.45, 2.75) is 19.8 Å². The Morgan fingerprint density at radius 3 is 2.17 bits per heavy atom. The maximum atomic E-state index is 12.7. The smallest absolute Gasteiger partial charge is 0.335 e. The number of carbonyl (C=O) groups excluding carboxylic acids is 2. The lowest BCUT2D eigenvalue weighted by Crippen LogP contribution is -2.40. The lowest BCUT2D eigenvalue weighted by molar-refractivity contribution is -0.117. The molecule has 0 atom stereocenters. The van der Waals surface area contributed by atoms with Crippen molar-refractivity contribution in [3.63, 3.8) is 0 Å². The van der Waals surface area contributed by atoms with Crippen LogP contribution >= 0.6 is 0 Å². The van der Waals surface area contributed by atoms with Crippen LogP contribution in [0.1, 0.15) is 40.5 Å². The Balaban J connectivity index is 1.46. The fourth-order valence-corrected chi connectivity index (χ4v) is 3.57. The summed E-state index contributed by atoms with van der Waals surface area (Å²) >= 11 is 0. The number of hydrogen-bond donors (Lipinski definition) is 2. The minimum Gasteiger partial charge on any atom is -0.494 e. The fourth-order valence-electron chi connectivity index (χ4n) is 3.57. The molecule has 1 heterocycles. The molecule has 2 N–H and O–H groups in total. The van der Waals surface area contributed by atoms with E-state index in [1.54, 1.807) is 12.1 Å². The Hall–Kier alpha value is -3.19. The number of piperidine rings is 1. The van der Waals surface area contributed by atoms with Crippen molar-refractivity contribution < 1.29 is 24.2 Å². The highest BCUT2D eigenvalue weighted by atomic mass is 16.5. The Labute approximate surface area is 175 Å². The van der Waals surface area contributed by atoms with E-state index >= 15 is 0 Å². The molecular weight excluding hydrogens is 384 g/mol. The third kappa shape index (κ3) is 5.67. The lowest BCUT2D eigenvalue weighted by atomic mass is 9.89. The van der Waals surface area contributed by atoms with Gasteiger partial charge in [0.1, 0.15) is 5.75 Å². The molecular formula is C23H26N2O5. The molecule has 0 aromatic heterocycles. The van der Waals surface area contributed by atoms with Crippen LogP contribution in [0.15, 0.2) is 48.5 Å². The number of carbonyl (C=O) groups is 3. The van der Waals surface area contributed by atoms with E-state index in [4.69, 9.17) is 9.84 Å². The van der Waals surface area contributed by atoms with Gasteiger partial charge in [0.25, 0.3) is 0 Å². The molecule has 0 spiro atoms. The van der Waals surface area contributed by atoms with Gasteiger partial charge in [-0.2, -0.15) is 0 Å². The number of benzene rings is 2. The zero-order chi connectivity index (χ0) is 21.5. The van der Waals surface area contributed by atoms with Crippen LogP contribution < -0.4 is 10.1 Å². The first-order valence-electron chi connectivity index (χ1n) is 10.1. The number of likely N-dealkylation sites (tertiary alicyclic amines) is 1. The molecule has 3 rings (SSSR count). The number of carboxylic acid groups (broad SMARTS) is 1. The molecule has 1 amide bonds. The molecule has 1 aliphatic rings. The zero-order valence-corrected chi connectivity index (χ0v) is 17.0. The molecule has 0 bridgehead atoms. The standard InChI is InChI=1S/C23H26N2O5/c1-2-30-20-9-5-16(6-10-20)22(27)17-11-13-25(14-12-17)15-21(26)24-19-7-3-18(4-8-19)23(28)29/h3-10,17H,2,11-15H2,1H3,(H,24,26)(H,28,29). The van der Waals surface area contributed by atoms with Crippen molar-refractivity contribution in [2.75, 3.05) is 31.6 Å². The van der Waals surface area contributed by atoms with Crippen LogP contribution in [-0.2, 0) is 4.79 Å². The van der Waals surface area contributed by atoms with Gasteiger partial charge in [0.05, 0.1) is 18.7 Å². The summed E-state index contributed by atoms with van der Waals surface area (Å²) in [5.74, 6) is -0.302. The molecule has 1 saturated heterocycles. The van der Waals surface area contributed by atoms with Crippen LogP contribution in [0.5, 0.6) is 5.75 Å². The van der Waals surface area contributed by atoms with Crippen molar-refractivity contribution in [3.05, 3.63) is 59.7 Å². The van der Waals surface area contributed by atoms with Crippen molar-refractivity contribution in [3.8, 4) is 5.75 Å². The van der Waals surface area contributed by atoms with Gasteiger partial charge in [-0.25, -0.2) is 4.79 Å². The third-order valence-electron chi connectivity index (χ3n) is 5.19. The summed E-state index contributed by atoms with van der Waals surface area (Å²) in [6.45, 7) is 4.11.